The van der Waals surface area contributed by atoms with Crippen LogP contribution in [0.4, 0.5) is 5.69 Å². The highest BCUT2D eigenvalue weighted by Crippen LogP contribution is 2.33. The van der Waals surface area contributed by atoms with Gasteiger partial charge in [0, 0.05) is 0 Å². The van der Waals surface area contributed by atoms with E-state index in [1.807, 2.05) is 18.2 Å². The van der Waals surface area contributed by atoms with Crippen molar-refractivity contribution < 1.29 is 4.43 Å². The zero-order chi connectivity index (χ0) is 7.90. The molecule has 1 aromatic rings. The Kier molecular flexibility index (Phi) is 1.23. The summed E-state index contributed by atoms with van der Waals surface area (Å²) in [5, 5.41) is 0. The number of rotatable bonds is 0. The third-order valence-corrected chi connectivity index (χ3v) is 3.29. The van der Waals surface area contributed by atoms with Gasteiger partial charge in [-0.25, -0.2) is 0 Å². The lowest BCUT2D eigenvalue weighted by Crippen LogP contribution is -2.38. The molecule has 0 aromatic heterocycles. The van der Waals surface area contributed by atoms with Crippen molar-refractivity contribution in [3.63, 3.8) is 0 Å². The van der Waals surface area contributed by atoms with E-state index in [4.69, 9.17) is 4.43 Å². The van der Waals surface area contributed by atoms with Crippen LogP contribution in [0.3, 0.4) is 0 Å². The van der Waals surface area contributed by atoms with Crippen molar-refractivity contribution in [1.82, 2.24) is 0 Å². The van der Waals surface area contributed by atoms with Gasteiger partial charge in [0.15, 0.2) is 0 Å². The van der Waals surface area contributed by atoms with Crippen molar-refractivity contribution >= 4 is 14.2 Å². The number of hydrogen-bond acceptors (Lipinski definition) is 2. The third kappa shape index (κ3) is 1.11. The lowest BCUT2D eigenvalue weighted by Gasteiger charge is -2.13. The molecule has 1 heterocycles. The van der Waals surface area contributed by atoms with Crippen LogP contribution in [0.1, 0.15) is 0 Å². The molecule has 3 heteroatoms. The zero-order valence-corrected chi connectivity index (χ0v) is 7.72. The van der Waals surface area contributed by atoms with E-state index in [1.165, 1.54) is 0 Å². The molecule has 1 aromatic carbocycles. The Morgan fingerprint density at radius 1 is 1.27 bits per heavy atom. The molecular weight excluding hydrogens is 154 g/mol. The van der Waals surface area contributed by atoms with Gasteiger partial charge in [-0.05, 0) is 25.2 Å². The van der Waals surface area contributed by atoms with Crippen molar-refractivity contribution in [2.45, 2.75) is 13.1 Å². The normalized spacial score (nSPS) is 18.4. The Morgan fingerprint density at radius 3 is 2.73 bits per heavy atom. The van der Waals surface area contributed by atoms with Crippen LogP contribution >= 0.6 is 0 Å². The maximum atomic E-state index is 5.72. The van der Waals surface area contributed by atoms with Crippen molar-refractivity contribution in [2.24, 2.45) is 0 Å². The molecule has 1 aliphatic rings. The van der Waals surface area contributed by atoms with Crippen LogP contribution in [-0.4, -0.2) is 8.48 Å². The number of nitrogens with one attached hydrogen (secondary N) is 1. The van der Waals surface area contributed by atoms with Gasteiger partial charge >= 0.3 is 8.48 Å². The molecule has 0 fully saturated rings. The van der Waals surface area contributed by atoms with Crippen LogP contribution in [-0.2, 0) is 0 Å². The van der Waals surface area contributed by atoms with Gasteiger partial charge in [0.05, 0.1) is 5.69 Å². The van der Waals surface area contributed by atoms with Crippen LogP contribution < -0.4 is 9.41 Å². The molecule has 58 valence electrons. The molecule has 0 spiro atoms. The lowest BCUT2D eigenvalue weighted by molar-refractivity contribution is 0.578. The van der Waals surface area contributed by atoms with Crippen LogP contribution in [0.5, 0.6) is 5.75 Å². The van der Waals surface area contributed by atoms with Gasteiger partial charge in [0.2, 0.25) is 0 Å². The van der Waals surface area contributed by atoms with Crippen LogP contribution in [0.2, 0.25) is 13.1 Å². The van der Waals surface area contributed by atoms with E-state index >= 15 is 0 Å². The second-order valence-corrected chi connectivity index (χ2v) is 6.71. The molecule has 1 aliphatic heterocycles. The SMILES string of the molecule is C[Si]1(C)Nc2ccccc2O1. The highest BCUT2D eigenvalue weighted by molar-refractivity contribution is 6.76. The molecule has 0 bridgehead atoms. The summed E-state index contributed by atoms with van der Waals surface area (Å²) >= 11 is 0. The standard InChI is InChI=1S/C8H11NOSi/c1-11(2)9-7-5-3-4-6-8(7)10-11/h3-6,9H,1-2H3. The van der Waals surface area contributed by atoms with E-state index in [9.17, 15) is 0 Å². The smallest absolute Gasteiger partial charge is 0.352 e. The van der Waals surface area contributed by atoms with Gasteiger partial charge < -0.3 is 9.41 Å². The molecular formula is C8H11NOSi. The Labute approximate surface area is 67.4 Å². The Balaban J connectivity index is 2.41. The first-order chi connectivity index (χ1) is 5.17. The van der Waals surface area contributed by atoms with Crippen molar-refractivity contribution in [3.8, 4) is 5.75 Å². The van der Waals surface area contributed by atoms with Gasteiger partial charge in [-0.15, -0.1) is 0 Å². The first-order valence-corrected chi connectivity index (χ1v) is 6.64. The number of fused-ring (bicyclic) bond motifs is 1. The van der Waals surface area contributed by atoms with Crippen LogP contribution in [0.25, 0.3) is 0 Å². The first-order valence-electron chi connectivity index (χ1n) is 3.74. The molecule has 0 unspecified atom stereocenters. The van der Waals surface area contributed by atoms with E-state index in [2.05, 4.69) is 24.1 Å². The molecule has 2 nitrogen and oxygen atoms in total. The zero-order valence-electron chi connectivity index (χ0n) is 6.72. The van der Waals surface area contributed by atoms with E-state index < -0.39 is 8.48 Å². The average molecular weight is 165 g/mol. The second kappa shape index (κ2) is 2.01. The minimum absolute atomic E-state index is 1.00. The minimum atomic E-state index is -1.59. The van der Waals surface area contributed by atoms with Crippen molar-refractivity contribution in [2.75, 3.05) is 4.98 Å². The molecule has 0 radical (unpaired) electrons. The summed E-state index contributed by atoms with van der Waals surface area (Å²) in [5.74, 6) is 1.00. The quantitative estimate of drug-likeness (QED) is 0.595. The summed E-state index contributed by atoms with van der Waals surface area (Å²) in [6, 6.07) is 8.07. The molecule has 2 rings (SSSR count). The monoisotopic (exact) mass is 165 g/mol. The number of para-hydroxylation sites is 2. The van der Waals surface area contributed by atoms with Crippen LogP contribution in [0.15, 0.2) is 24.3 Å². The van der Waals surface area contributed by atoms with Crippen molar-refractivity contribution in [3.05, 3.63) is 24.3 Å². The van der Waals surface area contributed by atoms with E-state index in [-0.39, 0.29) is 0 Å². The van der Waals surface area contributed by atoms with Gasteiger partial charge in [0.1, 0.15) is 5.75 Å². The van der Waals surface area contributed by atoms with E-state index in [1.54, 1.807) is 0 Å². The molecule has 1 N–H and O–H groups in total. The molecule has 0 saturated heterocycles. The van der Waals surface area contributed by atoms with Gasteiger partial charge in [-0.1, -0.05) is 12.1 Å². The van der Waals surface area contributed by atoms with Gasteiger partial charge in [0.25, 0.3) is 0 Å². The third-order valence-electron chi connectivity index (χ3n) is 1.69. The summed E-state index contributed by atoms with van der Waals surface area (Å²) in [4.78, 5) is 3.39. The maximum Gasteiger partial charge on any atom is 0.352 e. The average Bonchev–Trinajstić information content (AvgIpc) is 2.21. The largest absolute Gasteiger partial charge is 0.524 e. The fraction of sp³-hybridized carbons (Fsp3) is 0.250. The van der Waals surface area contributed by atoms with Crippen molar-refractivity contribution in [1.29, 1.82) is 0 Å². The maximum absolute atomic E-state index is 5.72. The van der Waals surface area contributed by atoms with E-state index in [0.717, 1.165) is 11.4 Å². The fourth-order valence-corrected chi connectivity index (χ4v) is 2.92. The summed E-state index contributed by atoms with van der Waals surface area (Å²) in [6.07, 6.45) is 0. The predicted molar refractivity (Wildman–Crippen MR) is 48.2 cm³/mol. The number of anilines is 1. The summed E-state index contributed by atoms with van der Waals surface area (Å²) in [7, 11) is -1.59. The second-order valence-electron chi connectivity index (χ2n) is 3.23. The topological polar surface area (TPSA) is 21.3 Å². The highest BCUT2D eigenvalue weighted by Gasteiger charge is 2.32. The Morgan fingerprint density at radius 2 is 2.00 bits per heavy atom. The minimum Gasteiger partial charge on any atom is -0.524 e. The number of benzene rings is 1. The Bertz CT molecular complexity index is 258. The molecule has 0 atom stereocenters. The summed E-state index contributed by atoms with van der Waals surface area (Å²) in [5.41, 5.74) is 1.14. The summed E-state index contributed by atoms with van der Waals surface area (Å²) < 4.78 is 5.72. The summed E-state index contributed by atoms with van der Waals surface area (Å²) in [6.45, 7) is 4.29. The lowest BCUT2D eigenvalue weighted by atomic mass is 10.3. The van der Waals surface area contributed by atoms with Gasteiger partial charge in [-0.3, -0.25) is 0 Å². The van der Waals surface area contributed by atoms with Crippen LogP contribution in [0, 0.1) is 0 Å². The molecule has 0 aliphatic carbocycles. The Hall–Kier alpha value is -0.963. The highest BCUT2D eigenvalue weighted by atomic mass is 28.4. The van der Waals surface area contributed by atoms with Gasteiger partial charge in [-0.2, -0.15) is 0 Å². The van der Waals surface area contributed by atoms with E-state index in [0.29, 0.717) is 0 Å². The number of hydrogen-bond donors (Lipinski definition) is 1. The molecule has 0 saturated carbocycles. The molecule has 0 amide bonds. The first kappa shape index (κ1) is 6.73. The predicted octanol–water partition coefficient (Wildman–Crippen LogP) is 2.19. The molecule has 11 heavy (non-hydrogen) atoms. The fourth-order valence-electron chi connectivity index (χ4n) is 1.28.